The van der Waals surface area contributed by atoms with Crippen molar-refractivity contribution in [2.24, 2.45) is 11.8 Å². The maximum atomic E-state index is 13.0. The molecule has 0 spiro atoms. The Morgan fingerprint density at radius 3 is 2.39 bits per heavy atom. The minimum atomic E-state index is -0.227. The first-order valence-corrected chi connectivity index (χ1v) is 13.0. The molecule has 3 aliphatic rings. The molecule has 5 rings (SSSR count). The van der Waals surface area contributed by atoms with Crippen molar-refractivity contribution in [2.75, 3.05) is 18.0 Å². The van der Waals surface area contributed by atoms with E-state index in [4.69, 9.17) is 0 Å². The first-order valence-electron chi connectivity index (χ1n) is 12.2. The van der Waals surface area contributed by atoms with Gasteiger partial charge in [0.15, 0.2) is 10.8 Å². The van der Waals surface area contributed by atoms with Crippen molar-refractivity contribution >= 4 is 38.6 Å². The maximum absolute atomic E-state index is 13.0. The second-order valence-corrected chi connectivity index (χ2v) is 10.9. The molecular weight excluding hydrogens is 440 g/mol. The van der Waals surface area contributed by atoms with Gasteiger partial charge in [0.1, 0.15) is 17.6 Å². The Hall–Kier alpha value is -2.49. The fourth-order valence-electron chi connectivity index (χ4n) is 4.80. The van der Waals surface area contributed by atoms with Crippen molar-refractivity contribution in [1.29, 1.82) is 0 Å². The molecule has 10 heteroatoms. The van der Waals surface area contributed by atoms with E-state index in [0.717, 1.165) is 75.5 Å². The second kappa shape index (κ2) is 9.40. The van der Waals surface area contributed by atoms with E-state index in [1.807, 2.05) is 0 Å². The average molecular weight is 473 g/mol. The van der Waals surface area contributed by atoms with Gasteiger partial charge in [-0.2, -0.15) is 4.98 Å². The number of amides is 2. The first kappa shape index (κ1) is 22.3. The normalized spacial score (nSPS) is 24.1. The molecule has 2 saturated carbocycles. The monoisotopic (exact) mass is 472 g/mol. The molecule has 2 aliphatic carbocycles. The number of rotatable bonds is 6. The van der Waals surface area contributed by atoms with Crippen LogP contribution in [0.15, 0.2) is 11.1 Å². The van der Waals surface area contributed by atoms with Gasteiger partial charge >= 0.3 is 0 Å². The Morgan fingerprint density at radius 2 is 1.70 bits per heavy atom. The summed E-state index contributed by atoms with van der Waals surface area (Å²) in [5.41, 5.74) is 0.196. The molecule has 178 valence electrons. The summed E-state index contributed by atoms with van der Waals surface area (Å²) < 4.78 is 1.85. The quantitative estimate of drug-likeness (QED) is 0.666. The van der Waals surface area contributed by atoms with Crippen LogP contribution in [0.2, 0.25) is 0 Å². The van der Waals surface area contributed by atoms with E-state index < -0.39 is 0 Å². The number of piperidine rings is 1. The van der Waals surface area contributed by atoms with Crippen LogP contribution in [-0.4, -0.2) is 51.5 Å². The maximum Gasteiger partial charge on any atom is 0.273 e. The van der Waals surface area contributed by atoms with Gasteiger partial charge in [0.05, 0.1) is 0 Å². The zero-order valence-electron chi connectivity index (χ0n) is 19.1. The second-order valence-electron chi connectivity index (χ2n) is 9.90. The van der Waals surface area contributed by atoms with Gasteiger partial charge < -0.3 is 15.5 Å². The molecule has 2 aromatic rings. The lowest BCUT2D eigenvalue weighted by Gasteiger charge is -2.30. The van der Waals surface area contributed by atoms with E-state index in [0.29, 0.717) is 16.4 Å². The molecule has 9 nitrogen and oxygen atoms in total. The Balaban J connectivity index is 1.21. The summed E-state index contributed by atoms with van der Waals surface area (Å²) in [4.78, 5) is 48.8. The van der Waals surface area contributed by atoms with Gasteiger partial charge in [-0.15, -0.1) is 0 Å². The lowest BCUT2D eigenvalue weighted by atomic mass is 9.87. The lowest BCUT2D eigenvalue weighted by molar-refractivity contribution is -0.125. The van der Waals surface area contributed by atoms with E-state index in [2.05, 4.69) is 32.4 Å². The summed E-state index contributed by atoms with van der Waals surface area (Å²) in [6.45, 7) is 3.69. The van der Waals surface area contributed by atoms with Crippen molar-refractivity contribution < 1.29 is 9.59 Å². The predicted molar refractivity (Wildman–Crippen MR) is 127 cm³/mol. The van der Waals surface area contributed by atoms with Gasteiger partial charge in [0.25, 0.3) is 5.56 Å². The Bertz CT molecular complexity index is 1080. The van der Waals surface area contributed by atoms with E-state index in [1.165, 1.54) is 22.2 Å². The van der Waals surface area contributed by atoms with Crippen molar-refractivity contribution in [2.45, 2.75) is 76.9 Å². The van der Waals surface area contributed by atoms with Gasteiger partial charge in [0, 0.05) is 31.1 Å². The third-order valence-corrected chi connectivity index (χ3v) is 8.22. The molecule has 2 aromatic heterocycles. The summed E-state index contributed by atoms with van der Waals surface area (Å²) in [5.74, 6) is 0.803. The van der Waals surface area contributed by atoms with Crippen molar-refractivity contribution in [3.63, 3.8) is 0 Å². The molecule has 0 unspecified atom stereocenters. The van der Waals surface area contributed by atoms with Gasteiger partial charge in [-0.1, -0.05) is 18.3 Å². The molecule has 2 amide bonds. The van der Waals surface area contributed by atoms with Crippen molar-refractivity contribution in [1.82, 2.24) is 25.2 Å². The topological polar surface area (TPSA) is 109 Å². The van der Waals surface area contributed by atoms with Crippen molar-refractivity contribution in [3.05, 3.63) is 16.7 Å². The molecule has 33 heavy (non-hydrogen) atoms. The van der Waals surface area contributed by atoms with Crippen LogP contribution in [0.3, 0.4) is 0 Å². The zero-order chi connectivity index (χ0) is 22.9. The fourth-order valence-corrected chi connectivity index (χ4v) is 5.82. The van der Waals surface area contributed by atoms with Crippen LogP contribution in [0.4, 0.5) is 5.13 Å². The van der Waals surface area contributed by atoms with Crippen molar-refractivity contribution in [3.8, 4) is 0 Å². The summed E-state index contributed by atoms with van der Waals surface area (Å²) in [6.07, 6.45) is 9.44. The number of carbonyl (C=O) groups excluding carboxylic acids is 2. The Kier molecular flexibility index (Phi) is 6.36. The van der Waals surface area contributed by atoms with Gasteiger partial charge in [0.2, 0.25) is 11.8 Å². The number of carbonyl (C=O) groups is 2. The van der Waals surface area contributed by atoms with Crippen LogP contribution in [0.25, 0.3) is 10.3 Å². The number of nitrogens with one attached hydrogen (secondary N) is 2. The number of hydrogen-bond donors (Lipinski definition) is 2. The van der Waals surface area contributed by atoms with Crippen LogP contribution in [-0.2, 0) is 16.1 Å². The minimum Gasteiger partial charge on any atom is -0.353 e. The van der Waals surface area contributed by atoms with Crippen LogP contribution < -0.4 is 21.1 Å². The highest BCUT2D eigenvalue weighted by molar-refractivity contribution is 7.22. The molecule has 0 atom stereocenters. The third-order valence-electron chi connectivity index (χ3n) is 7.13. The molecule has 1 aliphatic heterocycles. The lowest BCUT2D eigenvalue weighted by Crippen LogP contribution is -2.41. The molecule has 0 bridgehead atoms. The molecule has 0 radical (unpaired) electrons. The highest BCUT2D eigenvalue weighted by Gasteiger charge is 2.31. The van der Waals surface area contributed by atoms with Crippen LogP contribution >= 0.6 is 11.3 Å². The number of hydrogen-bond acceptors (Lipinski definition) is 7. The van der Waals surface area contributed by atoms with E-state index in [1.54, 1.807) is 0 Å². The summed E-state index contributed by atoms with van der Waals surface area (Å²) >= 11 is 1.32. The summed E-state index contributed by atoms with van der Waals surface area (Å²) in [7, 11) is 0. The van der Waals surface area contributed by atoms with E-state index in [9.17, 15) is 14.4 Å². The SMILES string of the molecule is CC1CCC(NC(=O)Cn2cnc3nc(N4CCC(C(=O)NC5CC5)CC4)sc3c2=O)CC1. The summed E-state index contributed by atoms with van der Waals surface area (Å²) in [5, 5.41) is 6.93. The van der Waals surface area contributed by atoms with Crippen LogP contribution in [0, 0.1) is 11.8 Å². The number of anilines is 1. The molecule has 0 aromatic carbocycles. The molecule has 3 heterocycles. The summed E-state index contributed by atoms with van der Waals surface area (Å²) in [6, 6.07) is 0.590. The molecule has 1 saturated heterocycles. The van der Waals surface area contributed by atoms with E-state index >= 15 is 0 Å². The predicted octanol–water partition coefficient (Wildman–Crippen LogP) is 2.04. The first-order chi connectivity index (χ1) is 16.0. The van der Waals surface area contributed by atoms with E-state index in [-0.39, 0.29) is 35.9 Å². The zero-order valence-corrected chi connectivity index (χ0v) is 19.9. The highest BCUT2D eigenvalue weighted by atomic mass is 32.1. The fraction of sp³-hybridized carbons (Fsp3) is 0.696. The number of nitrogens with zero attached hydrogens (tertiary/aromatic N) is 4. The van der Waals surface area contributed by atoms with Gasteiger partial charge in [-0.25, -0.2) is 4.98 Å². The largest absolute Gasteiger partial charge is 0.353 e. The smallest absolute Gasteiger partial charge is 0.273 e. The van der Waals surface area contributed by atoms with Gasteiger partial charge in [-0.05, 0) is 57.3 Å². The Labute approximate surface area is 197 Å². The third kappa shape index (κ3) is 5.20. The highest BCUT2D eigenvalue weighted by Crippen LogP contribution is 2.30. The van der Waals surface area contributed by atoms with Crippen LogP contribution in [0.1, 0.15) is 58.3 Å². The molecule has 3 fully saturated rings. The Morgan fingerprint density at radius 1 is 1.03 bits per heavy atom. The number of aromatic nitrogens is 3. The van der Waals surface area contributed by atoms with Crippen LogP contribution in [0.5, 0.6) is 0 Å². The molecule has 2 N–H and O–H groups in total. The number of fused-ring (bicyclic) bond motifs is 1. The minimum absolute atomic E-state index is 0.0252. The van der Waals surface area contributed by atoms with Gasteiger partial charge in [-0.3, -0.25) is 19.0 Å². The standard InChI is InChI=1S/C23H32N6O3S/c1-14-2-4-16(5-3-14)25-18(30)12-29-13-24-20-19(22(29)32)33-23(27-20)28-10-8-15(9-11-28)21(31)26-17-6-7-17/h13-17H,2-12H2,1H3,(H,25,30)(H,26,31). The molecular formula is C23H32N6O3S. The average Bonchev–Trinajstić information content (AvgIpc) is 3.52. The number of thiazole rings is 1.